The number of thioether (sulfide) groups is 1. The van der Waals surface area contributed by atoms with E-state index in [0.29, 0.717) is 24.6 Å². The summed E-state index contributed by atoms with van der Waals surface area (Å²) < 4.78 is 10.7. The third-order valence-electron chi connectivity index (χ3n) is 5.24. The third kappa shape index (κ3) is 4.03. The zero-order chi connectivity index (χ0) is 20.4. The monoisotopic (exact) mass is 414 g/mol. The Labute approximate surface area is 173 Å². The van der Waals surface area contributed by atoms with Crippen LogP contribution in [0.25, 0.3) is 0 Å². The van der Waals surface area contributed by atoms with Crippen LogP contribution in [0, 0.1) is 0 Å². The highest BCUT2D eigenvalue weighted by Crippen LogP contribution is 2.41. The molecule has 1 saturated heterocycles. The van der Waals surface area contributed by atoms with Crippen LogP contribution in [-0.2, 0) is 32.1 Å². The lowest BCUT2D eigenvalue weighted by molar-refractivity contribution is -0.158. The molecule has 0 saturated carbocycles. The topological polar surface area (TPSA) is 80.1 Å². The maximum atomic E-state index is 12.6. The molecule has 0 radical (unpaired) electrons. The van der Waals surface area contributed by atoms with E-state index < -0.39 is 12.0 Å². The molecule has 152 valence electrons. The number of fused-ring (bicyclic) bond motifs is 1. The molecule has 1 aromatic carbocycles. The molecule has 0 unspecified atom stereocenters. The summed E-state index contributed by atoms with van der Waals surface area (Å²) in [5.74, 6) is -0.0152. The van der Waals surface area contributed by atoms with Gasteiger partial charge in [-0.1, -0.05) is 24.3 Å². The molecule has 2 atom stereocenters. The van der Waals surface area contributed by atoms with Gasteiger partial charge in [-0.2, -0.15) is 0 Å². The lowest BCUT2D eigenvalue weighted by Gasteiger charge is -2.29. The van der Waals surface area contributed by atoms with E-state index in [1.807, 2.05) is 18.2 Å². The molecule has 1 fully saturated rings. The van der Waals surface area contributed by atoms with E-state index in [1.165, 1.54) is 35.4 Å². The van der Waals surface area contributed by atoms with Crippen LogP contribution in [0.15, 0.2) is 47.1 Å². The highest BCUT2D eigenvalue weighted by Gasteiger charge is 2.43. The highest BCUT2D eigenvalue weighted by atomic mass is 32.2. The molecule has 4 rings (SSSR count). The lowest BCUT2D eigenvalue weighted by Crippen LogP contribution is -2.44. The molecule has 2 amide bonds. The summed E-state index contributed by atoms with van der Waals surface area (Å²) in [6.07, 6.45) is 2.33. The molecule has 0 N–H and O–H groups in total. The first-order chi connectivity index (χ1) is 14.0. The highest BCUT2D eigenvalue weighted by molar-refractivity contribution is 7.99. The summed E-state index contributed by atoms with van der Waals surface area (Å²) in [6, 6.07) is 10.8. The second kappa shape index (κ2) is 8.32. The Hall–Kier alpha value is -2.74. The summed E-state index contributed by atoms with van der Waals surface area (Å²) in [5.41, 5.74) is 2.37. The van der Waals surface area contributed by atoms with E-state index in [1.54, 1.807) is 17.0 Å². The number of amides is 2. The van der Waals surface area contributed by atoms with Crippen LogP contribution >= 0.6 is 11.8 Å². The van der Waals surface area contributed by atoms with Crippen molar-refractivity contribution >= 4 is 29.5 Å². The average molecular weight is 414 g/mol. The molecule has 3 heterocycles. The van der Waals surface area contributed by atoms with Gasteiger partial charge in [-0.3, -0.25) is 9.59 Å². The Bertz CT molecular complexity index is 914. The minimum Gasteiger partial charge on any atom is -0.466 e. The van der Waals surface area contributed by atoms with Crippen molar-refractivity contribution in [3.05, 3.63) is 59.5 Å². The zero-order valence-electron chi connectivity index (χ0n) is 16.1. The Balaban J connectivity index is 1.36. The first-order valence-corrected chi connectivity index (χ1v) is 10.5. The number of benzene rings is 1. The van der Waals surface area contributed by atoms with Crippen LogP contribution < -0.4 is 0 Å². The number of esters is 1. The second-order valence-electron chi connectivity index (χ2n) is 7.08. The van der Waals surface area contributed by atoms with E-state index in [9.17, 15) is 14.4 Å². The van der Waals surface area contributed by atoms with E-state index in [4.69, 9.17) is 9.15 Å². The average Bonchev–Trinajstić information content (AvgIpc) is 3.40. The molecule has 2 aromatic rings. The Kier molecular flexibility index (Phi) is 5.62. The molecule has 0 bridgehead atoms. The van der Waals surface area contributed by atoms with E-state index in [0.717, 1.165) is 12.0 Å². The minimum absolute atomic E-state index is 0.226. The Morgan fingerprint density at radius 3 is 2.69 bits per heavy atom. The summed E-state index contributed by atoms with van der Waals surface area (Å²) in [6.45, 7) is 2.22. The molecule has 8 heteroatoms. The zero-order valence-corrected chi connectivity index (χ0v) is 16.9. The number of nitrogens with zero attached hydrogens (tertiary/aromatic N) is 2. The van der Waals surface area contributed by atoms with E-state index >= 15 is 0 Å². The number of furan rings is 1. The number of carbonyl (C=O) groups is 3. The lowest BCUT2D eigenvalue weighted by atomic mass is 10.00. The van der Waals surface area contributed by atoms with Gasteiger partial charge in [0.2, 0.25) is 5.91 Å². The van der Waals surface area contributed by atoms with Crippen LogP contribution in [0.2, 0.25) is 0 Å². The number of hydrogen-bond acceptors (Lipinski definition) is 6. The van der Waals surface area contributed by atoms with E-state index in [2.05, 4.69) is 6.07 Å². The van der Waals surface area contributed by atoms with Gasteiger partial charge in [-0.15, -0.1) is 11.8 Å². The van der Waals surface area contributed by atoms with Gasteiger partial charge < -0.3 is 19.0 Å². The number of ether oxygens (including phenoxy) is 1. The van der Waals surface area contributed by atoms with Gasteiger partial charge in [0, 0.05) is 25.8 Å². The Morgan fingerprint density at radius 2 is 1.97 bits per heavy atom. The van der Waals surface area contributed by atoms with Gasteiger partial charge in [0.25, 0.3) is 5.91 Å². The molecule has 7 nitrogen and oxygen atoms in total. The second-order valence-corrected chi connectivity index (χ2v) is 8.20. The van der Waals surface area contributed by atoms with Crippen LogP contribution in [-0.4, -0.2) is 52.5 Å². The predicted molar refractivity (Wildman–Crippen MR) is 107 cm³/mol. The van der Waals surface area contributed by atoms with Crippen LogP contribution in [0.4, 0.5) is 0 Å². The van der Waals surface area contributed by atoms with Crippen LogP contribution in [0.5, 0.6) is 0 Å². The predicted octanol–water partition coefficient (Wildman–Crippen LogP) is 2.37. The number of rotatable bonds is 4. The minimum atomic E-state index is -0.734. The fourth-order valence-electron chi connectivity index (χ4n) is 3.75. The largest absolute Gasteiger partial charge is 0.466 e. The molecule has 0 spiro atoms. The van der Waals surface area contributed by atoms with Crippen molar-refractivity contribution in [3.8, 4) is 0 Å². The number of hydrogen-bond donors (Lipinski definition) is 0. The van der Waals surface area contributed by atoms with Gasteiger partial charge in [0.1, 0.15) is 17.2 Å². The SMILES string of the molecule is CC(=O)N1[C@@H](C(=O)OCC(=O)N2CCc3ccccc3C2)CS[C@H]1c1ccco1. The first-order valence-electron chi connectivity index (χ1n) is 9.49. The van der Waals surface area contributed by atoms with Crippen molar-refractivity contribution < 1.29 is 23.5 Å². The van der Waals surface area contributed by atoms with Crippen molar-refractivity contribution in [1.29, 1.82) is 0 Å². The van der Waals surface area contributed by atoms with Crippen molar-refractivity contribution in [2.24, 2.45) is 0 Å². The number of carbonyl (C=O) groups excluding carboxylic acids is 3. The van der Waals surface area contributed by atoms with Gasteiger partial charge in [-0.05, 0) is 29.7 Å². The molecule has 0 aliphatic carbocycles. The van der Waals surface area contributed by atoms with Gasteiger partial charge in [0.05, 0.1) is 6.26 Å². The molecule has 2 aliphatic rings. The summed E-state index contributed by atoms with van der Waals surface area (Å²) in [5, 5.41) is -0.366. The quantitative estimate of drug-likeness (QED) is 0.715. The van der Waals surface area contributed by atoms with Gasteiger partial charge in [0.15, 0.2) is 6.61 Å². The smallest absolute Gasteiger partial charge is 0.330 e. The summed E-state index contributed by atoms with van der Waals surface area (Å²) in [4.78, 5) is 40.5. The van der Waals surface area contributed by atoms with Crippen molar-refractivity contribution in [2.75, 3.05) is 18.9 Å². The molecular weight excluding hydrogens is 392 g/mol. The van der Waals surface area contributed by atoms with Crippen LogP contribution in [0.1, 0.15) is 29.2 Å². The Morgan fingerprint density at radius 1 is 1.17 bits per heavy atom. The molecular formula is C21H22N2O5S. The fraction of sp³-hybridized carbons (Fsp3) is 0.381. The van der Waals surface area contributed by atoms with E-state index in [-0.39, 0.29) is 23.8 Å². The normalized spacial score (nSPS) is 21.0. The first kappa shape index (κ1) is 19.6. The molecule has 29 heavy (non-hydrogen) atoms. The maximum absolute atomic E-state index is 12.6. The summed E-state index contributed by atoms with van der Waals surface area (Å²) in [7, 11) is 0. The van der Waals surface area contributed by atoms with Crippen LogP contribution in [0.3, 0.4) is 0 Å². The maximum Gasteiger partial charge on any atom is 0.330 e. The standard InChI is InChI=1S/C21H22N2O5S/c1-14(24)23-17(13-29-20(23)18-7-4-10-27-18)21(26)28-12-19(25)22-9-8-15-5-2-3-6-16(15)11-22/h2-7,10,17,20H,8-9,11-13H2,1H3/t17-,20+/m1/s1. The van der Waals surface area contributed by atoms with Gasteiger partial charge in [-0.25, -0.2) is 4.79 Å². The van der Waals surface area contributed by atoms with Crippen molar-refractivity contribution in [1.82, 2.24) is 9.80 Å². The van der Waals surface area contributed by atoms with Crippen molar-refractivity contribution in [3.63, 3.8) is 0 Å². The summed E-state index contributed by atoms with van der Waals surface area (Å²) >= 11 is 1.44. The fourth-order valence-corrected chi connectivity index (χ4v) is 5.17. The van der Waals surface area contributed by atoms with Crippen molar-refractivity contribution in [2.45, 2.75) is 31.3 Å². The third-order valence-corrected chi connectivity index (χ3v) is 6.53. The molecule has 1 aromatic heterocycles. The van der Waals surface area contributed by atoms with Gasteiger partial charge >= 0.3 is 5.97 Å². The molecule has 2 aliphatic heterocycles.